The van der Waals surface area contributed by atoms with E-state index in [2.05, 4.69) is 41.5 Å². The number of ketones is 1. The summed E-state index contributed by atoms with van der Waals surface area (Å²) in [6.07, 6.45) is 3.72. The lowest BCUT2D eigenvalue weighted by molar-refractivity contribution is -0.120. The maximum absolute atomic E-state index is 11.7. The number of carbonyl (C=O) groups is 1. The van der Waals surface area contributed by atoms with Gasteiger partial charge in [0, 0.05) is 5.92 Å². The van der Waals surface area contributed by atoms with Gasteiger partial charge in [0.15, 0.2) is 5.78 Å². The van der Waals surface area contributed by atoms with Gasteiger partial charge in [0.25, 0.3) is 0 Å². The van der Waals surface area contributed by atoms with Crippen molar-refractivity contribution >= 4 is 5.78 Å². The van der Waals surface area contributed by atoms with E-state index in [1.807, 2.05) is 13.0 Å². The van der Waals surface area contributed by atoms with E-state index >= 15 is 0 Å². The largest absolute Gasteiger partial charge is 0.295 e. The van der Waals surface area contributed by atoms with E-state index in [4.69, 9.17) is 0 Å². The topological polar surface area (TPSA) is 17.1 Å². The molecule has 0 saturated carbocycles. The Morgan fingerprint density at radius 1 is 1.07 bits per heavy atom. The Morgan fingerprint density at radius 3 is 1.79 bits per heavy atom. The smallest absolute Gasteiger partial charge is 0.158 e. The van der Waals surface area contributed by atoms with Gasteiger partial charge in [-0.25, -0.2) is 0 Å². The van der Waals surface area contributed by atoms with Gasteiger partial charge in [0.2, 0.25) is 0 Å². The summed E-state index contributed by atoms with van der Waals surface area (Å²) in [5.41, 5.74) is 0.145. The fourth-order valence-corrected chi connectivity index (χ4v) is 0.903. The lowest BCUT2D eigenvalue weighted by Gasteiger charge is -2.25. The third kappa shape index (κ3) is 5.21. The molecule has 0 saturated heterocycles. The highest BCUT2D eigenvalue weighted by Crippen LogP contribution is 2.27. The van der Waals surface area contributed by atoms with Crippen LogP contribution >= 0.6 is 0 Å². The average molecular weight is 196 g/mol. The molecule has 0 rings (SSSR count). The van der Waals surface area contributed by atoms with Crippen molar-refractivity contribution in [2.75, 3.05) is 0 Å². The van der Waals surface area contributed by atoms with Crippen molar-refractivity contribution < 1.29 is 4.79 Å². The number of hydrogen-bond donors (Lipinski definition) is 0. The summed E-state index contributed by atoms with van der Waals surface area (Å²) in [4.78, 5) is 11.7. The van der Waals surface area contributed by atoms with Crippen molar-refractivity contribution in [3.05, 3.63) is 12.2 Å². The first-order chi connectivity index (χ1) is 6.04. The molecule has 0 aliphatic carbocycles. The third-order valence-electron chi connectivity index (χ3n) is 2.47. The molecule has 0 radical (unpaired) electrons. The van der Waals surface area contributed by atoms with Gasteiger partial charge in [-0.15, -0.1) is 0 Å². The highest BCUT2D eigenvalue weighted by Gasteiger charge is 2.25. The minimum absolute atomic E-state index is 0.0549. The molecular formula is C13H24O. The predicted molar refractivity (Wildman–Crippen MR) is 62.2 cm³/mol. The first kappa shape index (κ1) is 13.4. The standard InChI is InChI=1S/C13H24O/c1-10(13(5,6)7)11(14)8-9-12(2,3)4/h8-10H,1-7H3/b9-8+/t10-/m0/s1. The molecule has 1 atom stereocenters. The van der Waals surface area contributed by atoms with Crippen molar-refractivity contribution in [2.45, 2.75) is 48.5 Å². The van der Waals surface area contributed by atoms with Crippen molar-refractivity contribution in [1.82, 2.24) is 0 Å². The SMILES string of the molecule is C[C@@H](C(=O)/C=C/C(C)(C)C)C(C)(C)C. The van der Waals surface area contributed by atoms with Crippen molar-refractivity contribution in [3.8, 4) is 0 Å². The van der Waals surface area contributed by atoms with Gasteiger partial charge in [0.05, 0.1) is 0 Å². The van der Waals surface area contributed by atoms with Crippen LogP contribution in [0.15, 0.2) is 12.2 Å². The molecule has 0 aliphatic heterocycles. The second kappa shape index (κ2) is 4.29. The lowest BCUT2D eigenvalue weighted by atomic mass is 9.79. The first-order valence-electron chi connectivity index (χ1n) is 5.27. The lowest BCUT2D eigenvalue weighted by Crippen LogP contribution is -2.24. The first-order valence-corrected chi connectivity index (χ1v) is 5.27. The molecule has 0 aromatic heterocycles. The minimum atomic E-state index is 0.0549. The molecule has 0 fully saturated rings. The van der Waals surface area contributed by atoms with Gasteiger partial charge in [-0.05, 0) is 16.9 Å². The average Bonchev–Trinajstić information content (AvgIpc) is 1.95. The quantitative estimate of drug-likeness (QED) is 0.613. The summed E-state index contributed by atoms with van der Waals surface area (Å²) in [7, 11) is 0. The molecule has 0 aliphatic rings. The Kier molecular flexibility index (Phi) is 4.11. The normalized spacial score (nSPS) is 15.9. The van der Waals surface area contributed by atoms with E-state index < -0.39 is 0 Å². The van der Waals surface area contributed by atoms with Gasteiger partial charge in [0.1, 0.15) is 0 Å². The number of hydrogen-bond acceptors (Lipinski definition) is 1. The van der Waals surface area contributed by atoms with Gasteiger partial charge < -0.3 is 0 Å². The Bertz CT molecular complexity index is 223. The van der Waals surface area contributed by atoms with Crippen LogP contribution < -0.4 is 0 Å². The highest BCUT2D eigenvalue weighted by atomic mass is 16.1. The van der Waals surface area contributed by atoms with E-state index in [9.17, 15) is 4.79 Å². The molecule has 0 unspecified atom stereocenters. The summed E-state index contributed by atoms with van der Waals surface area (Å²) in [6, 6.07) is 0. The van der Waals surface area contributed by atoms with E-state index in [0.717, 1.165) is 0 Å². The van der Waals surface area contributed by atoms with Crippen LogP contribution in [0, 0.1) is 16.7 Å². The van der Waals surface area contributed by atoms with Crippen molar-refractivity contribution in [2.24, 2.45) is 16.7 Å². The maximum Gasteiger partial charge on any atom is 0.158 e. The summed E-state index contributed by atoms with van der Waals surface area (Å²) < 4.78 is 0. The van der Waals surface area contributed by atoms with Crippen LogP contribution in [0.5, 0.6) is 0 Å². The van der Waals surface area contributed by atoms with E-state index in [1.54, 1.807) is 6.08 Å². The van der Waals surface area contributed by atoms with Crippen LogP contribution in [-0.2, 0) is 4.79 Å². The summed E-state index contributed by atoms with van der Waals surface area (Å²) in [5, 5.41) is 0. The highest BCUT2D eigenvalue weighted by molar-refractivity contribution is 5.92. The van der Waals surface area contributed by atoms with E-state index in [-0.39, 0.29) is 22.5 Å². The Hall–Kier alpha value is -0.590. The molecule has 14 heavy (non-hydrogen) atoms. The summed E-state index contributed by atoms with van der Waals surface area (Å²) >= 11 is 0. The van der Waals surface area contributed by atoms with Crippen LogP contribution in [0.2, 0.25) is 0 Å². The van der Waals surface area contributed by atoms with Crippen LogP contribution in [0.3, 0.4) is 0 Å². The minimum Gasteiger partial charge on any atom is -0.295 e. The Labute approximate surface area is 88.6 Å². The molecule has 1 heteroatoms. The van der Waals surface area contributed by atoms with Crippen molar-refractivity contribution in [3.63, 3.8) is 0 Å². The van der Waals surface area contributed by atoms with Crippen LogP contribution in [0.4, 0.5) is 0 Å². The fraction of sp³-hybridized carbons (Fsp3) is 0.769. The molecule has 1 nitrogen and oxygen atoms in total. The second-order valence-corrected chi connectivity index (χ2v) is 6.19. The van der Waals surface area contributed by atoms with Gasteiger partial charge in [-0.2, -0.15) is 0 Å². The molecule has 82 valence electrons. The van der Waals surface area contributed by atoms with Crippen LogP contribution in [-0.4, -0.2) is 5.78 Å². The molecule has 0 aromatic carbocycles. The van der Waals surface area contributed by atoms with Gasteiger partial charge in [-0.1, -0.05) is 54.5 Å². The molecular weight excluding hydrogens is 172 g/mol. The number of carbonyl (C=O) groups excluding carboxylic acids is 1. The number of rotatable bonds is 2. The van der Waals surface area contributed by atoms with Crippen molar-refractivity contribution in [1.29, 1.82) is 0 Å². The van der Waals surface area contributed by atoms with E-state index in [0.29, 0.717) is 0 Å². The molecule has 0 bridgehead atoms. The van der Waals surface area contributed by atoms with Gasteiger partial charge in [-0.3, -0.25) is 4.79 Å². The zero-order valence-electron chi connectivity index (χ0n) is 10.6. The van der Waals surface area contributed by atoms with Crippen LogP contribution in [0.25, 0.3) is 0 Å². The number of allylic oxidation sites excluding steroid dienone is 2. The summed E-state index contributed by atoms with van der Waals surface area (Å²) in [5.74, 6) is 0.313. The third-order valence-corrected chi connectivity index (χ3v) is 2.47. The second-order valence-electron chi connectivity index (χ2n) is 6.19. The van der Waals surface area contributed by atoms with Crippen LogP contribution in [0.1, 0.15) is 48.5 Å². The summed E-state index contributed by atoms with van der Waals surface area (Å²) in [6.45, 7) is 14.6. The van der Waals surface area contributed by atoms with E-state index in [1.165, 1.54) is 0 Å². The Morgan fingerprint density at radius 2 is 1.50 bits per heavy atom. The molecule has 0 heterocycles. The zero-order valence-corrected chi connectivity index (χ0v) is 10.6. The molecule has 0 amide bonds. The maximum atomic E-state index is 11.7. The molecule has 0 N–H and O–H groups in total. The molecule has 0 aromatic rings. The molecule has 0 spiro atoms. The predicted octanol–water partition coefficient (Wildman–Crippen LogP) is 3.84. The Balaban J connectivity index is 4.45. The monoisotopic (exact) mass is 196 g/mol. The fourth-order valence-electron chi connectivity index (χ4n) is 0.903. The van der Waals surface area contributed by atoms with Gasteiger partial charge >= 0.3 is 0 Å². The zero-order chi connectivity index (χ0) is 11.6.